The quantitative estimate of drug-likeness (QED) is 0.278. The Hall–Kier alpha value is -5.01. The molecule has 2 aliphatic rings. The molecule has 0 radical (unpaired) electrons. The van der Waals surface area contributed by atoms with Gasteiger partial charge in [-0.05, 0) is 36.2 Å². The number of carbonyl (C=O) groups excluding carboxylic acids is 4. The fraction of sp³-hybridized carbons (Fsp3) is 0.389. The topological polar surface area (TPSA) is 145 Å². The Morgan fingerprint density at radius 3 is 2.24 bits per heavy atom. The molecule has 262 valence electrons. The second-order valence-corrected chi connectivity index (χ2v) is 14.1. The average Bonchev–Trinajstić information content (AvgIpc) is 3.65. The van der Waals surface area contributed by atoms with Crippen molar-refractivity contribution in [1.82, 2.24) is 29.1 Å². The van der Waals surface area contributed by atoms with Crippen LogP contribution in [0.15, 0.2) is 54.9 Å². The summed E-state index contributed by atoms with van der Waals surface area (Å²) in [6.45, 7) is 5.35. The number of likely N-dealkylation sites (tertiary alicyclic amines) is 1. The number of piperidine rings is 1. The Kier molecular flexibility index (Phi) is 9.81. The summed E-state index contributed by atoms with van der Waals surface area (Å²) in [6, 6.07) is 12.4. The van der Waals surface area contributed by atoms with Crippen LogP contribution < -0.4 is 10.4 Å². The maximum Gasteiger partial charge on any atom is 0.291 e. The number of imidazole rings is 1. The van der Waals surface area contributed by atoms with E-state index in [0.717, 1.165) is 47.1 Å². The lowest BCUT2D eigenvalue weighted by Crippen LogP contribution is -2.54. The summed E-state index contributed by atoms with van der Waals surface area (Å²) in [7, 11) is 6.14. The number of anilines is 1. The zero-order valence-corrected chi connectivity index (χ0v) is 29.4. The number of halogens is 1. The van der Waals surface area contributed by atoms with Crippen molar-refractivity contribution in [2.75, 3.05) is 58.7 Å². The van der Waals surface area contributed by atoms with Gasteiger partial charge >= 0.3 is 0 Å². The van der Waals surface area contributed by atoms with Crippen molar-refractivity contribution < 1.29 is 28.8 Å². The minimum atomic E-state index is -1.21. The number of carboxylic acids is 1. The Bertz CT molecular complexity index is 1930. The van der Waals surface area contributed by atoms with Crippen LogP contribution in [0.5, 0.6) is 0 Å². The molecule has 2 saturated heterocycles. The van der Waals surface area contributed by atoms with E-state index >= 15 is 0 Å². The van der Waals surface area contributed by atoms with Crippen LogP contribution in [-0.4, -0.2) is 111 Å². The standard InChI is InChI=1S/C36H41ClN8O5/c1-23-29(21-44(40-23)22-32(46)47)24-5-7-25(8-6-24)31-20-38-33(41(31)2)34(48)39-27-9-10-28(30(37)19-27)36(50)43-15-13-42(14-16-43)35(49)26-11-17-45(3,4)18-12-26/h5-10,19-21,26H,11-18,22H2,1-4H3,(H-,39,46,47,48,50). The smallest absolute Gasteiger partial charge is 0.291 e. The molecule has 0 aliphatic carbocycles. The SMILES string of the molecule is Cc1nn(CC(=O)[O-])cc1-c1ccc(-c2cnc(C(=O)Nc3ccc(C(=O)N4CCN(C(=O)C5CC[N+](C)(C)CC5)CC4)c(Cl)c3)n2C)cc1. The second-order valence-electron chi connectivity index (χ2n) is 13.7. The first-order valence-electron chi connectivity index (χ1n) is 16.7. The van der Waals surface area contributed by atoms with Gasteiger partial charge in [0.1, 0.15) is 0 Å². The minimum absolute atomic E-state index is 0.0593. The summed E-state index contributed by atoms with van der Waals surface area (Å²) in [4.78, 5) is 58.6. The van der Waals surface area contributed by atoms with Crippen molar-refractivity contribution in [2.45, 2.75) is 26.3 Å². The molecular formula is C36H41ClN8O5. The van der Waals surface area contributed by atoms with Gasteiger partial charge in [0, 0.05) is 69.4 Å². The molecule has 50 heavy (non-hydrogen) atoms. The highest BCUT2D eigenvalue weighted by molar-refractivity contribution is 6.34. The molecule has 0 atom stereocenters. The number of amides is 3. The number of aromatic nitrogens is 4. The molecule has 6 rings (SSSR count). The van der Waals surface area contributed by atoms with E-state index in [9.17, 15) is 24.3 Å². The van der Waals surface area contributed by atoms with E-state index in [1.54, 1.807) is 47.1 Å². The van der Waals surface area contributed by atoms with Crippen LogP contribution in [0.4, 0.5) is 5.69 Å². The highest BCUT2D eigenvalue weighted by Gasteiger charge is 2.35. The molecule has 4 aromatic rings. The Labute approximate surface area is 295 Å². The van der Waals surface area contributed by atoms with Gasteiger partial charge in [-0.3, -0.25) is 19.1 Å². The minimum Gasteiger partial charge on any atom is -0.548 e. The molecule has 13 nitrogen and oxygen atoms in total. The van der Waals surface area contributed by atoms with E-state index < -0.39 is 11.9 Å². The number of nitrogens with zero attached hydrogens (tertiary/aromatic N) is 7. The van der Waals surface area contributed by atoms with E-state index in [4.69, 9.17) is 11.6 Å². The van der Waals surface area contributed by atoms with Gasteiger partial charge in [0.05, 0.1) is 67.9 Å². The predicted molar refractivity (Wildman–Crippen MR) is 186 cm³/mol. The molecule has 2 aromatic carbocycles. The van der Waals surface area contributed by atoms with Crippen molar-refractivity contribution in [3.63, 3.8) is 0 Å². The van der Waals surface area contributed by atoms with E-state index in [1.807, 2.05) is 36.1 Å². The number of carbonyl (C=O) groups is 4. The van der Waals surface area contributed by atoms with Gasteiger partial charge in [0.15, 0.2) is 5.82 Å². The number of rotatable bonds is 8. The summed E-state index contributed by atoms with van der Waals surface area (Å²) < 4.78 is 3.97. The van der Waals surface area contributed by atoms with Crippen molar-refractivity contribution in [2.24, 2.45) is 13.0 Å². The lowest BCUT2D eigenvalue weighted by Gasteiger charge is -2.40. The number of quaternary nitrogens is 1. The molecule has 1 N–H and O–H groups in total. The summed E-state index contributed by atoms with van der Waals surface area (Å²) in [5.74, 6) is -1.43. The highest BCUT2D eigenvalue weighted by Crippen LogP contribution is 2.28. The van der Waals surface area contributed by atoms with Crippen LogP contribution in [0.25, 0.3) is 22.4 Å². The number of aryl methyl sites for hydroxylation is 1. The van der Waals surface area contributed by atoms with Gasteiger partial charge < -0.3 is 34.1 Å². The van der Waals surface area contributed by atoms with Crippen molar-refractivity contribution in [3.05, 3.63) is 77.0 Å². The van der Waals surface area contributed by atoms with E-state index in [-0.39, 0.29) is 35.1 Å². The van der Waals surface area contributed by atoms with Gasteiger partial charge in [0.2, 0.25) is 5.91 Å². The number of hydrogen-bond donors (Lipinski definition) is 1. The summed E-state index contributed by atoms with van der Waals surface area (Å²) in [5.41, 5.74) is 4.67. The van der Waals surface area contributed by atoms with Gasteiger partial charge in [-0.15, -0.1) is 0 Å². The molecule has 2 aromatic heterocycles. The first-order valence-corrected chi connectivity index (χ1v) is 17.0. The third-order valence-electron chi connectivity index (χ3n) is 9.77. The second kappa shape index (κ2) is 14.1. The Morgan fingerprint density at radius 2 is 1.60 bits per heavy atom. The van der Waals surface area contributed by atoms with E-state index in [1.165, 1.54) is 4.68 Å². The zero-order valence-electron chi connectivity index (χ0n) is 28.7. The lowest BCUT2D eigenvalue weighted by molar-refractivity contribution is -0.895. The fourth-order valence-electron chi connectivity index (χ4n) is 6.75. The van der Waals surface area contributed by atoms with E-state index in [0.29, 0.717) is 48.8 Å². The molecule has 0 saturated carbocycles. The molecule has 4 heterocycles. The highest BCUT2D eigenvalue weighted by atomic mass is 35.5. The molecule has 0 bridgehead atoms. The normalized spacial score (nSPS) is 16.3. The maximum atomic E-state index is 13.4. The number of aliphatic carboxylic acids is 1. The first-order chi connectivity index (χ1) is 23.8. The van der Waals surface area contributed by atoms with Gasteiger partial charge in [-0.2, -0.15) is 5.10 Å². The van der Waals surface area contributed by atoms with Crippen molar-refractivity contribution >= 4 is 41.0 Å². The van der Waals surface area contributed by atoms with Crippen molar-refractivity contribution in [1.29, 1.82) is 0 Å². The molecule has 3 amide bonds. The third kappa shape index (κ3) is 7.43. The van der Waals surface area contributed by atoms with Crippen LogP contribution in [0, 0.1) is 12.8 Å². The fourth-order valence-corrected chi connectivity index (χ4v) is 7.01. The largest absolute Gasteiger partial charge is 0.548 e. The van der Waals surface area contributed by atoms with E-state index in [2.05, 4.69) is 29.5 Å². The maximum absolute atomic E-state index is 13.4. The predicted octanol–water partition coefficient (Wildman–Crippen LogP) is 2.69. The Balaban J connectivity index is 1.05. The summed E-state index contributed by atoms with van der Waals surface area (Å²) in [5, 5.41) is 18.2. The van der Waals surface area contributed by atoms with Crippen LogP contribution in [0.1, 0.15) is 39.5 Å². The van der Waals surface area contributed by atoms with Crippen LogP contribution >= 0.6 is 11.6 Å². The third-order valence-corrected chi connectivity index (χ3v) is 10.1. The summed E-state index contributed by atoms with van der Waals surface area (Å²) >= 11 is 6.56. The van der Waals surface area contributed by atoms with Crippen molar-refractivity contribution in [3.8, 4) is 22.4 Å². The van der Waals surface area contributed by atoms with Crippen LogP contribution in [0.2, 0.25) is 5.02 Å². The number of hydrogen-bond acceptors (Lipinski definition) is 7. The summed E-state index contributed by atoms with van der Waals surface area (Å²) in [6.07, 6.45) is 5.07. The van der Waals surface area contributed by atoms with Gasteiger partial charge in [0.25, 0.3) is 11.8 Å². The molecule has 14 heteroatoms. The van der Waals surface area contributed by atoms with Crippen LogP contribution in [0.3, 0.4) is 0 Å². The molecular weight excluding hydrogens is 660 g/mol. The molecule has 0 unspecified atom stereocenters. The molecule has 2 aliphatic heterocycles. The Morgan fingerprint density at radius 1 is 0.960 bits per heavy atom. The average molecular weight is 701 g/mol. The number of piperazine rings is 1. The first kappa shape index (κ1) is 34.8. The van der Waals surface area contributed by atoms with Gasteiger partial charge in [-0.1, -0.05) is 35.9 Å². The van der Waals surface area contributed by atoms with Crippen LogP contribution in [-0.2, 0) is 23.2 Å². The molecule has 2 fully saturated rings. The number of nitrogens with one attached hydrogen (secondary N) is 1. The van der Waals surface area contributed by atoms with Gasteiger partial charge in [-0.25, -0.2) is 4.98 Å². The lowest BCUT2D eigenvalue weighted by atomic mass is 9.94. The zero-order chi connectivity index (χ0) is 35.7. The molecule has 0 spiro atoms. The number of carboxylic acid groups (broad SMARTS) is 1. The number of benzene rings is 2. The monoisotopic (exact) mass is 700 g/mol.